The first-order valence-electron chi connectivity index (χ1n) is 8.43. The number of Topliss-reactive ketones (excluding diaryl/α,β-unsaturated/α-hetero) is 1. The van der Waals surface area contributed by atoms with Crippen LogP contribution in [0.15, 0.2) is 52.7 Å². The number of benzene rings is 1. The van der Waals surface area contributed by atoms with E-state index in [0.29, 0.717) is 24.4 Å². The van der Waals surface area contributed by atoms with Crippen LogP contribution in [0.2, 0.25) is 0 Å². The summed E-state index contributed by atoms with van der Waals surface area (Å²) in [6, 6.07) is 9.84. The fourth-order valence-electron chi connectivity index (χ4n) is 3.03. The van der Waals surface area contributed by atoms with Crippen molar-refractivity contribution in [3.8, 4) is 0 Å². The van der Waals surface area contributed by atoms with Gasteiger partial charge in [-0.1, -0.05) is 29.8 Å². The van der Waals surface area contributed by atoms with Gasteiger partial charge in [0.05, 0.1) is 11.8 Å². The first-order valence-corrected chi connectivity index (χ1v) is 8.43. The molecule has 1 fully saturated rings. The van der Waals surface area contributed by atoms with Crippen molar-refractivity contribution in [2.75, 3.05) is 27.2 Å². The number of likely N-dealkylation sites (N-methyl/N-ethyl adjacent to an activating group) is 1. The predicted molar refractivity (Wildman–Crippen MR) is 97.5 cm³/mol. The molecule has 1 saturated heterocycles. The minimum atomic E-state index is -0.730. The lowest BCUT2D eigenvalue weighted by atomic mass is 9.99. The monoisotopic (exact) mass is 354 g/mol. The molecule has 2 heterocycles. The summed E-state index contributed by atoms with van der Waals surface area (Å²) in [7, 11) is 3.79. The van der Waals surface area contributed by atoms with Crippen LogP contribution in [0.3, 0.4) is 0 Å². The number of ketones is 1. The largest absolute Gasteiger partial charge is 0.507 e. The second kappa shape index (κ2) is 7.17. The maximum Gasteiger partial charge on any atom is 0.295 e. The van der Waals surface area contributed by atoms with Crippen molar-refractivity contribution in [3.63, 3.8) is 0 Å². The number of hydrogen-bond acceptors (Lipinski definition) is 5. The molecule has 1 aromatic heterocycles. The van der Waals surface area contributed by atoms with Crippen molar-refractivity contribution in [1.29, 1.82) is 0 Å². The van der Waals surface area contributed by atoms with Gasteiger partial charge < -0.3 is 19.3 Å². The van der Waals surface area contributed by atoms with Gasteiger partial charge in [0.2, 0.25) is 0 Å². The number of rotatable bonds is 5. The lowest BCUT2D eigenvalue weighted by molar-refractivity contribution is -0.140. The van der Waals surface area contributed by atoms with Crippen LogP contribution in [-0.2, 0) is 9.59 Å². The van der Waals surface area contributed by atoms with Gasteiger partial charge in [0.15, 0.2) is 0 Å². The minimum Gasteiger partial charge on any atom is -0.507 e. The summed E-state index contributed by atoms with van der Waals surface area (Å²) < 4.78 is 5.48. The zero-order valence-electron chi connectivity index (χ0n) is 15.1. The van der Waals surface area contributed by atoms with Crippen LogP contribution in [0.25, 0.3) is 5.76 Å². The first-order chi connectivity index (χ1) is 12.4. The van der Waals surface area contributed by atoms with E-state index in [1.807, 2.05) is 38.1 Å². The van der Waals surface area contributed by atoms with E-state index in [-0.39, 0.29) is 11.3 Å². The van der Waals surface area contributed by atoms with Gasteiger partial charge in [-0.05, 0) is 33.2 Å². The van der Waals surface area contributed by atoms with Crippen LogP contribution in [0, 0.1) is 6.92 Å². The Hall–Kier alpha value is -2.86. The van der Waals surface area contributed by atoms with Crippen molar-refractivity contribution in [1.82, 2.24) is 9.80 Å². The number of amides is 1. The van der Waals surface area contributed by atoms with Crippen molar-refractivity contribution in [2.24, 2.45) is 0 Å². The van der Waals surface area contributed by atoms with Gasteiger partial charge in [-0.25, -0.2) is 0 Å². The summed E-state index contributed by atoms with van der Waals surface area (Å²) in [6.07, 6.45) is 1.49. The second-order valence-corrected chi connectivity index (χ2v) is 6.68. The number of likely N-dealkylation sites (tertiary alicyclic amines) is 1. The summed E-state index contributed by atoms with van der Waals surface area (Å²) in [6.45, 7) is 2.88. The Balaban J connectivity index is 2.09. The molecule has 3 rings (SSSR count). The maximum absolute atomic E-state index is 12.7. The van der Waals surface area contributed by atoms with Crippen molar-refractivity contribution < 1.29 is 19.1 Å². The Labute approximate surface area is 152 Å². The average molecular weight is 354 g/mol. The zero-order chi connectivity index (χ0) is 18.8. The van der Waals surface area contributed by atoms with E-state index < -0.39 is 17.7 Å². The fourth-order valence-corrected chi connectivity index (χ4v) is 3.03. The molecule has 26 heavy (non-hydrogen) atoms. The number of hydrogen-bond donors (Lipinski definition) is 1. The number of aliphatic hydroxyl groups excluding tert-OH is 1. The molecule has 1 aromatic carbocycles. The van der Waals surface area contributed by atoms with Gasteiger partial charge in [0.1, 0.15) is 17.6 Å². The van der Waals surface area contributed by atoms with Crippen molar-refractivity contribution in [3.05, 3.63) is 65.1 Å². The summed E-state index contributed by atoms with van der Waals surface area (Å²) in [5.74, 6) is -1.04. The highest BCUT2D eigenvalue weighted by Gasteiger charge is 2.47. The van der Waals surface area contributed by atoms with E-state index >= 15 is 0 Å². The topological polar surface area (TPSA) is 74.0 Å². The summed E-state index contributed by atoms with van der Waals surface area (Å²) in [5.41, 5.74) is 1.60. The summed E-state index contributed by atoms with van der Waals surface area (Å²) >= 11 is 0. The first kappa shape index (κ1) is 17.9. The number of aryl methyl sites for hydroxylation is 1. The molecule has 0 radical (unpaired) electrons. The molecule has 0 unspecified atom stereocenters. The van der Waals surface area contributed by atoms with Gasteiger partial charge in [-0.15, -0.1) is 0 Å². The third kappa shape index (κ3) is 3.28. The number of nitrogens with zero attached hydrogens (tertiary/aromatic N) is 2. The smallest absolute Gasteiger partial charge is 0.295 e. The van der Waals surface area contributed by atoms with E-state index in [1.165, 1.54) is 11.2 Å². The zero-order valence-corrected chi connectivity index (χ0v) is 15.1. The molecular weight excluding hydrogens is 332 g/mol. The molecule has 0 saturated carbocycles. The Morgan fingerprint density at radius 1 is 1.19 bits per heavy atom. The minimum absolute atomic E-state index is 0.0626. The van der Waals surface area contributed by atoms with Crippen LogP contribution >= 0.6 is 0 Å². The van der Waals surface area contributed by atoms with E-state index in [1.54, 1.807) is 24.3 Å². The average Bonchev–Trinajstić information content (AvgIpc) is 3.21. The summed E-state index contributed by atoms with van der Waals surface area (Å²) in [5, 5.41) is 10.8. The molecule has 1 N–H and O–H groups in total. The van der Waals surface area contributed by atoms with E-state index in [0.717, 1.165) is 5.56 Å². The molecule has 6 nitrogen and oxygen atoms in total. The Kier molecular flexibility index (Phi) is 4.95. The van der Waals surface area contributed by atoms with Crippen LogP contribution in [-0.4, -0.2) is 53.8 Å². The molecule has 1 aliphatic rings. The van der Waals surface area contributed by atoms with E-state index in [2.05, 4.69) is 0 Å². The molecular formula is C20H22N2O4. The van der Waals surface area contributed by atoms with Crippen molar-refractivity contribution in [2.45, 2.75) is 13.0 Å². The summed E-state index contributed by atoms with van der Waals surface area (Å²) in [4.78, 5) is 28.7. The third-order valence-electron chi connectivity index (χ3n) is 4.47. The van der Waals surface area contributed by atoms with Gasteiger partial charge in [-0.2, -0.15) is 0 Å². The van der Waals surface area contributed by atoms with E-state index in [4.69, 9.17) is 4.42 Å². The second-order valence-electron chi connectivity index (χ2n) is 6.68. The van der Waals surface area contributed by atoms with Crippen molar-refractivity contribution >= 4 is 17.4 Å². The highest BCUT2D eigenvalue weighted by atomic mass is 16.3. The van der Waals surface area contributed by atoms with Gasteiger partial charge in [0.25, 0.3) is 11.7 Å². The van der Waals surface area contributed by atoms with Crippen LogP contribution in [0.4, 0.5) is 0 Å². The highest BCUT2D eigenvalue weighted by molar-refractivity contribution is 6.46. The van der Waals surface area contributed by atoms with Gasteiger partial charge in [0, 0.05) is 18.7 Å². The highest BCUT2D eigenvalue weighted by Crippen LogP contribution is 2.39. The quantitative estimate of drug-likeness (QED) is 0.507. The predicted octanol–water partition coefficient (Wildman–Crippen LogP) is 2.57. The fraction of sp³-hybridized carbons (Fsp3) is 0.300. The van der Waals surface area contributed by atoms with Crippen LogP contribution < -0.4 is 0 Å². The Bertz CT molecular complexity index is 835. The molecule has 0 spiro atoms. The molecule has 1 atom stereocenters. The normalized spacial score (nSPS) is 19.5. The molecule has 136 valence electrons. The lowest BCUT2D eigenvalue weighted by Crippen LogP contribution is -2.35. The third-order valence-corrected chi connectivity index (χ3v) is 4.47. The van der Waals surface area contributed by atoms with Gasteiger partial charge in [-0.3, -0.25) is 9.59 Å². The molecule has 1 aliphatic heterocycles. The standard InChI is InChI=1S/C20H22N2O4/c1-13-6-8-14(9-7-13)18(23)16-17(15-5-4-12-26-15)22(11-10-21(2)3)20(25)19(16)24/h4-9,12,17,23H,10-11H2,1-3H3/b18-16+/t17-/m0/s1. The Morgan fingerprint density at radius 3 is 2.46 bits per heavy atom. The van der Waals surface area contributed by atoms with Crippen LogP contribution in [0.1, 0.15) is 22.9 Å². The number of carbonyl (C=O) groups is 2. The van der Waals surface area contributed by atoms with Gasteiger partial charge >= 0.3 is 0 Å². The molecule has 6 heteroatoms. The molecule has 0 aliphatic carbocycles. The molecule has 1 amide bonds. The molecule has 0 bridgehead atoms. The number of aliphatic hydroxyl groups is 1. The number of carbonyl (C=O) groups excluding carboxylic acids is 2. The molecule has 2 aromatic rings. The Morgan fingerprint density at radius 2 is 1.88 bits per heavy atom. The number of furan rings is 1. The lowest BCUT2D eigenvalue weighted by Gasteiger charge is -2.24. The SMILES string of the molecule is Cc1ccc(/C(O)=C2\C(=O)C(=O)N(CCN(C)C)[C@H]2c2ccco2)cc1. The van der Waals surface area contributed by atoms with Crippen LogP contribution in [0.5, 0.6) is 0 Å². The van der Waals surface area contributed by atoms with E-state index in [9.17, 15) is 14.7 Å². The maximum atomic E-state index is 12.7.